The molecule has 0 amide bonds. The molecule has 0 radical (unpaired) electrons. The van der Waals surface area contributed by atoms with E-state index >= 15 is 0 Å². The van der Waals surface area contributed by atoms with Crippen LogP contribution in [-0.2, 0) is 4.74 Å². The summed E-state index contributed by atoms with van der Waals surface area (Å²) in [5.41, 5.74) is 0. The van der Waals surface area contributed by atoms with Gasteiger partial charge in [0.25, 0.3) is 0 Å². The summed E-state index contributed by atoms with van der Waals surface area (Å²) in [4.78, 5) is 4.70. The van der Waals surface area contributed by atoms with Crippen molar-refractivity contribution in [2.45, 2.75) is 63.8 Å². The third-order valence-corrected chi connectivity index (χ3v) is 5.00. The van der Waals surface area contributed by atoms with Crippen molar-refractivity contribution in [2.75, 3.05) is 19.8 Å². The zero-order valence-corrected chi connectivity index (χ0v) is 13.2. The van der Waals surface area contributed by atoms with Crippen LogP contribution < -0.4 is 5.32 Å². The van der Waals surface area contributed by atoms with Crippen molar-refractivity contribution in [3.8, 4) is 0 Å². The molecule has 4 atom stereocenters. The van der Waals surface area contributed by atoms with Gasteiger partial charge in [-0.15, -0.1) is 0 Å². The van der Waals surface area contributed by atoms with Gasteiger partial charge in [-0.3, -0.25) is 0 Å². The van der Waals surface area contributed by atoms with Gasteiger partial charge in [-0.1, -0.05) is 25.4 Å². The Bertz CT molecular complexity index is 448. The average Bonchev–Trinajstić information content (AvgIpc) is 3.22. The Kier molecular flexibility index (Phi) is 4.91. The molecule has 1 N–H and O–H groups in total. The van der Waals surface area contributed by atoms with Gasteiger partial charge in [0, 0.05) is 12.0 Å². The normalized spacial score (nSPS) is 32.9. The fraction of sp³-hybridized carbons (Fsp3) is 0.875. The predicted octanol–water partition coefficient (Wildman–Crippen LogP) is 2.85. The first-order chi connectivity index (χ1) is 10.3. The second kappa shape index (κ2) is 6.88. The van der Waals surface area contributed by atoms with Crippen LogP contribution in [0.15, 0.2) is 4.52 Å². The fourth-order valence-corrected chi connectivity index (χ4v) is 3.57. The predicted molar refractivity (Wildman–Crippen MR) is 80.3 cm³/mol. The van der Waals surface area contributed by atoms with Gasteiger partial charge >= 0.3 is 0 Å². The quantitative estimate of drug-likeness (QED) is 0.874. The highest BCUT2D eigenvalue weighted by atomic mass is 16.5. The zero-order valence-electron chi connectivity index (χ0n) is 13.2. The summed E-state index contributed by atoms with van der Waals surface area (Å²) in [6, 6.07) is 0.310. The van der Waals surface area contributed by atoms with Gasteiger partial charge in [-0.05, 0) is 38.1 Å². The Balaban J connectivity index is 1.64. The fourth-order valence-electron chi connectivity index (χ4n) is 3.57. The van der Waals surface area contributed by atoms with E-state index < -0.39 is 0 Å². The van der Waals surface area contributed by atoms with E-state index in [-0.39, 0.29) is 5.92 Å². The molecule has 21 heavy (non-hydrogen) atoms. The SMILES string of the molecule is CCCNC1COCC1c1nc(C2CCC(CC)C2)no1. The Morgan fingerprint density at radius 1 is 1.24 bits per heavy atom. The van der Waals surface area contributed by atoms with Crippen LogP contribution in [0, 0.1) is 5.92 Å². The summed E-state index contributed by atoms with van der Waals surface area (Å²) in [6.45, 7) is 6.88. The highest BCUT2D eigenvalue weighted by molar-refractivity contribution is 5.06. The molecule has 4 unspecified atom stereocenters. The summed E-state index contributed by atoms with van der Waals surface area (Å²) in [7, 11) is 0. The van der Waals surface area contributed by atoms with Crippen LogP contribution in [0.3, 0.4) is 0 Å². The topological polar surface area (TPSA) is 60.2 Å². The van der Waals surface area contributed by atoms with E-state index in [9.17, 15) is 0 Å². The Labute approximate surface area is 126 Å². The second-order valence-corrected chi connectivity index (χ2v) is 6.48. The largest absolute Gasteiger partial charge is 0.379 e. The lowest BCUT2D eigenvalue weighted by Gasteiger charge is -2.15. The maximum atomic E-state index is 5.60. The molecule has 1 saturated carbocycles. The average molecular weight is 293 g/mol. The molecule has 0 aromatic carbocycles. The number of aromatic nitrogens is 2. The second-order valence-electron chi connectivity index (χ2n) is 6.48. The molecule has 3 rings (SSSR count). The van der Waals surface area contributed by atoms with E-state index in [0.29, 0.717) is 18.6 Å². The van der Waals surface area contributed by atoms with Crippen LogP contribution in [0.2, 0.25) is 0 Å². The Morgan fingerprint density at radius 2 is 2.14 bits per heavy atom. The molecule has 2 aliphatic rings. The minimum absolute atomic E-state index is 0.209. The molecule has 1 saturated heterocycles. The Hall–Kier alpha value is -0.940. The number of nitrogens with one attached hydrogen (secondary N) is 1. The first-order valence-electron chi connectivity index (χ1n) is 8.46. The van der Waals surface area contributed by atoms with Crippen LogP contribution in [0.4, 0.5) is 0 Å². The van der Waals surface area contributed by atoms with Crippen molar-refractivity contribution >= 4 is 0 Å². The van der Waals surface area contributed by atoms with Gasteiger partial charge in [-0.2, -0.15) is 4.98 Å². The van der Waals surface area contributed by atoms with Gasteiger partial charge in [0.15, 0.2) is 5.82 Å². The molecular formula is C16H27N3O2. The smallest absolute Gasteiger partial charge is 0.233 e. The molecule has 0 bridgehead atoms. The minimum atomic E-state index is 0.209. The van der Waals surface area contributed by atoms with E-state index in [4.69, 9.17) is 14.2 Å². The third kappa shape index (κ3) is 3.29. The van der Waals surface area contributed by atoms with Gasteiger partial charge in [0.1, 0.15) is 0 Å². The first-order valence-corrected chi connectivity index (χ1v) is 8.46. The molecule has 0 spiro atoms. The zero-order chi connectivity index (χ0) is 14.7. The lowest BCUT2D eigenvalue weighted by Crippen LogP contribution is -2.35. The molecule has 5 heteroatoms. The molecule has 2 fully saturated rings. The number of rotatable bonds is 6. The maximum absolute atomic E-state index is 5.60. The number of hydrogen-bond acceptors (Lipinski definition) is 5. The maximum Gasteiger partial charge on any atom is 0.233 e. The van der Waals surface area contributed by atoms with Crippen molar-refractivity contribution < 1.29 is 9.26 Å². The van der Waals surface area contributed by atoms with E-state index in [0.717, 1.165) is 37.2 Å². The van der Waals surface area contributed by atoms with Gasteiger partial charge < -0.3 is 14.6 Å². The molecular weight excluding hydrogens is 266 g/mol. The molecule has 1 aliphatic heterocycles. The van der Waals surface area contributed by atoms with Crippen LogP contribution in [0.1, 0.15) is 69.5 Å². The first kappa shape index (κ1) is 15.0. The van der Waals surface area contributed by atoms with E-state index in [2.05, 4.69) is 24.3 Å². The standard InChI is InChI=1S/C16H27N3O2/c1-3-7-17-14-10-20-9-13(14)16-18-15(19-21-16)12-6-5-11(4-2)8-12/h11-14,17H,3-10H2,1-2H3. The van der Waals surface area contributed by atoms with Crippen molar-refractivity contribution in [2.24, 2.45) is 5.92 Å². The molecule has 2 heterocycles. The summed E-state index contributed by atoms with van der Waals surface area (Å²) in [5.74, 6) is 3.22. The van der Waals surface area contributed by atoms with Crippen molar-refractivity contribution in [3.63, 3.8) is 0 Å². The van der Waals surface area contributed by atoms with Crippen LogP contribution in [-0.4, -0.2) is 35.9 Å². The highest BCUT2D eigenvalue weighted by Gasteiger charge is 2.35. The molecule has 1 aromatic rings. The molecule has 5 nitrogen and oxygen atoms in total. The van der Waals surface area contributed by atoms with Gasteiger partial charge in [0.05, 0.1) is 19.1 Å². The molecule has 118 valence electrons. The minimum Gasteiger partial charge on any atom is -0.379 e. The van der Waals surface area contributed by atoms with E-state index in [1.54, 1.807) is 0 Å². The van der Waals surface area contributed by atoms with Gasteiger partial charge in [-0.25, -0.2) is 0 Å². The summed E-state index contributed by atoms with van der Waals surface area (Å²) < 4.78 is 11.2. The van der Waals surface area contributed by atoms with Crippen molar-refractivity contribution in [1.29, 1.82) is 0 Å². The summed E-state index contributed by atoms with van der Waals surface area (Å²) in [6.07, 6.45) is 6.11. The highest BCUT2D eigenvalue weighted by Crippen LogP contribution is 2.39. The Morgan fingerprint density at radius 3 is 2.90 bits per heavy atom. The number of hydrogen-bond donors (Lipinski definition) is 1. The van der Waals surface area contributed by atoms with Crippen LogP contribution in [0.25, 0.3) is 0 Å². The summed E-state index contributed by atoms with van der Waals surface area (Å²) >= 11 is 0. The van der Waals surface area contributed by atoms with Crippen LogP contribution >= 0.6 is 0 Å². The molecule has 1 aliphatic carbocycles. The summed E-state index contributed by atoms with van der Waals surface area (Å²) in [5, 5.41) is 7.78. The number of nitrogens with zero attached hydrogens (tertiary/aromatic N) is 2. The lowest BCUT2D eigenvalue weighted by molar-refractivity contribution is 0.184. The monoisotopic (exact) mass is 293 g/mol. The van der Waals surface area contributed by atoms with Crippen molar-refractivity contribution in [1.82, 2.24) is 15.5 Å². The van der Waals surface area contributed by atoms with E-state index in [1.165, 1.54) is 25.7 Å². The molecule has 1 aromatic heterocycles. The number of ether oxygens (including phenoxy) is 1. The van der Waals surface area contributed by atoms with E-state index in [1.807, 2.05) is 0 Å². The van der Waals surface area contributed by atoms with Crippen LogP contribution in [0.5, 0.6) is 0 Å². The van der Waals surface area contributed by atoms with Gasteiger partial charge in [0.2, 0.25) is 5.89 Å². The lowest BCUT2D eigenvalue weighted by atomic mass is 10.0. The van der Waals surface area contributed by atoms with Crippen molar-refractivity contribution in [3.05, 3.63) is 11.7 Å². The third-order valence-electron chi connectivity index (χ3n) is 5.00.